The van der Waals surface area contributed by atoms with Crippen molar-refractivity contribution in [3.8, 4) is 0 Å². The fourth-order valence-corrected chi connectivity index (χ4v) is 5.11. The number of carbonyl (C=O) groups excluding carboxylic acids is 1. The predicted octanol–water partition coefficient (Wildman–Crippen LogP) is 2.67. The van der Waals surface area contributed by atoms with Crippen molar-refractivity contribution >= 4 is 5.91 Å². The summed E-state index contributed by atoms with van der Waals surface area (Å²) in [5.41, 5.74) is 1.85. The Morgan fingerprint density at radius 2 is 2.17 bits per heavy atom. The summed E-state index contributed by atoms with van der Waals surface area (Å²) in [6.07, 6.45) is 6.10. The van der Waals surface area contributed by atoms with Gasteiger partial charge in [-0.05, 0) is 31.2 Å². The van der Waals surface area contributed by atoms with E-state index in [-0.39, 0.29) is 11.3 Å². The number of fused-ring (bicyclic) bond motifs is 1. The van der Waals surface area contributed by atoms with Gasteiger partial charge in [0.15, 0.2) is 0 Å². The molecule has 2 aliphatic heterocycles. The minimum absolute atomic E-state index is 0.110. The zero-order chi connectivity index (χ0) is 16.2. The van der Waals surface area contributed by atoms with Crippen molar-refractivity contribution in [1.29, 1.82) is 0 Å². The molecular formula is C18H28N4O. The Hall–Kier alpha value is -1.36. The number of aromatic nitrogens is 2. The summed E-state index contributed by atoms with van der Waals surface area (Å²) in [5.74, 6) is 0.474. The molecule has 3 heterocycles. The smallest absolute Gasteiger partial charge is 0.274 e. The predicted molar refractivity (Wildman–Crippen MR) is 89.4 cm³/mol. The SMILES string of the molecule is CC(C)c1cc(C(=O)N2C[C@@H]3C[C@@]4(C)[C@H](CCCC[C@@H]24)N3)n[nH]1. The third-order valence-corrected chi connectivity index (χ3v) is 6.39. The normalized spacial score (nSPS) is 36.3. The van der Waals surface area contributed by atoms with Crippen LogP contribution in [0.3, 0.4) is 0 Å². The van der Waals surface area contributed by atoms with E-state index in [0.717, 1.165) is 18.7 Å². The van der Waals surface area contributed by atoms with Crippen LogP contribution in [0.15, 0.2) is 6.07 Å². The molecule has 5 nitrogen and oxygen atoms in total. The molecule has 0 radical (unpaired) electrons. The molecule has 126 valence electrons. The van der Waals surface area contributed by atoms with Crippen LogP contribution in [0.2, 0.25) is 0 Å². The molecule has 0 spiro atoms. The number of likely N-dealkylation sites (tertiary alicyclic amines) is 1. The van der Waals surface area contributed by atoms with Crippen molar-refractivity contribution in [3.63, 3.8) is 0 Å². The molecule has 3 fully saturated rings. The van der Waals surface area contributed by atoms with Gasteiger partial charge in [-0.15, -0.1) is 0 Å². The second-order valence-corrected chi connectivity index (χ2v) is 8.25. The average molecular weight is 316 g/mol. The summed E-state index contributed by atoms with van der Waals surface area (Å²) in [5, 5.41) is 11.1. The highest BCUT2D eigenvalue weighted by molar-refractivity contribution is 5.93. The monoisotopic (exact) mass is 316 g/mol. The summed E-state index contributed by atoms with van der Waals surface area (Å²) in [4.78, 5) is 15.3. The van der Waals surface area contributed by atoms with Gasteiger partial charge < -0.3 is 10.2 Å². The second kappa shape index (κ2) is 5.33. The first-order chi connectivity index (χ1) is 11.0. The largest absolute Gasteiger partial charge is 0.332 e. The lowest BCUT2D eigenvalue weighted by atomic mass is 9.71. The molecule has 4 rings (SSSR count). The standard InChI is InChI=1S/C18H28N4O/c1-11(2)13-8-14(21-20-13)17(23)22-10-12-9-18(3)15(19-12)6-4-5-7-16(18)22/h8,11-12,15-16,19H,4-7,9-10H2,1-3H3,(H,20,21)/t12-,15-,16+,18-/m0/s1. The second-order valence-electron chi connectivity index (χ2n) is 8.25. The van der Waals surface area contributed by atoms with Gasteiger partial charge in [0.05, 0.1) is 0 Å². The maximum atomic E-state index is 13.1. The van der Waals surface area contributed by atoms with Crippen LogP contribution in [0.4, 0.5) is 0 Å². The summed E-state index contributed by atoms with van der Waals surface area (Å²) in [6, 6.07) is 3.32. The van der Waals surface area contributed by atoms with E-state index in [1.54, 1.807) is 0 Å². The van der Waals surface area contributed by atoms with Gasteiger partial charge in [-0.2, -0.15) is 5.10 Å². The van der Waals surface area contributed by atoms with Gasteiger partial charge in [0.25, 0.3) is 5.91 Å². The summed E-state index contributed by atoms with van der Waals surface area (Å²) < 4.78 is 0. The van der Waals surface area contributed by atoms with Crippen LogP contribution in [-0.4, -0.2) is 45.7 Å². The minimum Gasteiger partial charge on any atom is -0.332 e. The molecule has 1 amide bonds. The van der Waals surface area contributed by atoms with E-state index in [1.807, 2.05) is 6.07 Å². The first-order valence-electron chi connectivity index (χ1n) is 9.11. The Labute approximate surface area is 138 Å². The molecule has 23 heavy (non-hydrogen) atoms. The summed E-state index contributed by atoms with van der Waals surface area (Å²) in [7, 11) is 0. The molecule has 4 atom stereocenters. The third-order valence-electron chi connectivity index (χ3n) is 6.39. The van der Waals surface area contributed by atoms with Gasteiger partial charge in [0.1, 0.15) is 5.69 Å². The molecule has 2 bridgehead atoms. The number of nitrogens with zero attached hydrogens (tertiary/aromatic N) is 2. The molecule has 1 saturated carbocycles. The van der Waals surface area contributed by atoms with E-state index in [4.69, 9.17) is 0 Å². The first kappa shape index (κ1) is 15.2. The van der Waals surface area contributed by atoms with Crippen molar-refractivity contribution in [2.24, 2.45) is 5.41 Å². The number of nitrogens with one attached hydrogen (secondary N) is 2. The molecule has 3 aliphatic rings. The van der Waals surface area contributed by atoms with Gasteiger partial charge in [0, 0.05) is 35.8 Å². The molecular weight excluding hydrogens is 288 g/mol. The van der Waals surface area contributed by atoms with Crippen LogP contribution >= 0.6 is 0 Å². The maximum Gasteiger partial charge on any atom is 0.274 e. The molecule has 2 saturated heterocycles. The number of rotatable bonds is 2. The van der Waals surface area contributed by atoms with E-state index >= 15 is 0 Å². The maximum absolute atomic E-state index is 13.1. The quantitative estimate of drug-likeness (QED) is 0.882. The van der Waals surface area contributed by atoms with Crippen LogP contribution in [0, 0.1) is 5.41 Å². The van der Waals surface area contributed by atoms with Gasteiger partial charge in [-0.25, -0.2) is 0 Å². The Kier molecular flexibility index (Phi) is 3.52. The Morgan fingerprint density at radius 1 is 1.39 bits per heavy atom. The molecule has 2 N–H and O–H groups in total. The highest BCUT2D eigenvalue weighted by Gasteiger charge is 2.55. The number of amides is 1. The molecule has 1 aromatic heterocycles. The van der Waals surface area contributed by atoms with Gasteiger partial charge in [-0.1, -0.05) is 33.6 Å². The first-order valence-corrected chi connectivity index (χ1v) is 9.11. The molecule has 1 aromatic rings. The lowest BCUT2D eigenvalue weighted by molar-refractivity contribution is 0.0279. The zero-order valence-electron chi connectivity index (χ0n) is 14.4. The van der Waals surface area contributed by atoms with Crippen molar-refractivity contribution in [2.75, 3.05) is 6.54 Å². The molecule has 5 heteroatoms. The van der Waals surface area contributed by atoms with Crippen LogP contribution in [0.25, 0.3) is 0 Å². The third kappa shape index (κ3) is 2.32. The van der Waals surface area contributed by atoms with Crippen molar-refractivity contribution in [2.45, 2.75) is 76.9 Å². The highest BCUT2D eigenvalue weighted by atomic mass is 16.2. The van der Waals surface area contributed by atoms with E-state index in [2.05, 4.69) is 41.2 Å². The van der Waals surface area contributed by atoms with Crippen LogP contribution < -0.4 is 5.32 Å². The van der Waals surface area contributed by atoms with Crippen molar-refractivity contribution < 1.29 is 4.79 Å². The number of piperidine rings is 1. The van der Waals surface area contributed by atoms with E-state index < -0.39 is 0 Å². The van der Waals surface area contributed by atoms with E-state index in [1.165, 1.54) is 25.7 Å². The van der Waals surface area contributed by atoms with E-state index in [9.17, 15) is 4.79 Å². The average Bonchev–Trinajstić information content (AvgIpc) is 3.06. The minimum atomic E-state index is 0.110. The zero-order valence-corrected chi connectivity index (χ0v) is 14.4. The Balaban J connectivity index is 1.64. The fourth-order valence-electron chi connectivity index (χ4n) is 5.11. The molecule has 0 unspecified atom stereocenters. The number of aromatic amines is 1. The molecule has 1 aliphatic carbocycles. The van der Waals surface area contributed by atoms with Crippen molar-refractivity contribution in [3.05, 3.63) is 17.5 Å². The number of H-pyrrole nitrogens is 1. The summed E-state index contributed by atoms with van der Waals surface area (Å²) >= 11 is 0. The number of hydrogen-bond donors (Lipinski definition) is 2. The van der Waals surface area contributed by atoms with Crippen LogP contribution in [0.5, 0.6) is 0 Å². The lowest BCUT2D eigenvalue weighted by Crippen LogP contribution is -2.55. The molecule has 0 aromatic carbocycles. The van der Waals surface area contributed by atoms with Gasteiger partial charge >= 0.3 is 0 Å². The highest BCUT2D eigenvalue weighted by Crippen LogP contribution is 2.49. The number of hydrogen-bond acceptors (Lipinski definition) is 3. The van der Waals surface area contributed by atoms with Gasteiger partial charge in [0.2, 0.25) is 0 Å². The fraction of sp³-hybridized carbons (Fsp3) is 0.778. The van der Waals surface area contributed by atoms with Gasteiger partial charge in [-0.3, -0.25) is 9.89 Å². The van der Waals surface area contributed by atoms with E-state index in [0.29, 0.717) is 29.7 Å². The lowest BCUT2D eigenvalue weighted by Gasteiger charge is -2.46. The van der Waals surface area contributed by atoms with Crippen molar-refractivity contribution in [1.82, 2.24) is 20.4 Å². The topological polar surface area (TPSA) is 61.0 Å². The van der Waals surface area contributed by atoms with Crippen LogP contribution in [0.1, 0.15) is 75.0 Å². The Bertz CT molecular complexity index is 610. The van der Waals surface area contributed by atoms with Crippen LogP contribution in [-0.2, 0) is 0 Å². The number of carbonyl (C=O) groups is 1. The Morgan fingerprint density at radius 3 is 2.91 bits per heavy atom. The summed E-state index contributed by atoms with van der Waals surface area (Å²) in [6.45, 7) is 7.46.